The average Bonchev–Trinajstić information content (AvgIpc) is 3.05. The van der Waals surface area contributed by atoms with Crippen molar-refractivity contribution < 1.29 is 0 Å². The van der Waals surface area contributed by atoms with Crippen LogP contribution in [-0.2, 0) is 0 Å². The zero-order valence-electron chi connectivity index (χ0n) is 12.3. The van der Waals surface area contributed by atoms with E-state index >= 15 is 0 Å². The summed E-state index contributed by atoms with van der Waals surface area (Å²) in [5.74, 6) is 1.24. The molecular weight excluding hydrogens is 254 g/mol. The van der Waals surface area contributed by atoms with Gasteiger partial charge in [0.25, 0.3) is 0 Å². The molecule has 3 rings (SSSR count). The predicted molar refractivity (Wildman–Crippen MR) is 83.9 cm³/mol. The summed E-state index contributed by atoms with van der Waals surface area (Å²) in [6, 6.07) is 1.44. The molecule has 2 saturated heterocycles. The van der Waals surface area contributed by atoms with Crippen molar-refractivity contribution in [3.63, 3.8) is 0 Å². The molecular formula is C15H27N3S. The minimum atomic E-state index is 0.463. The van der Waals surface area contributed by atoms with Crippen molar-refractivity contribution in [3.8, 4) is 0 Å². The van der Waals surface area contributed by atoms with Crippen LogP contribution in [0.1, 0.15) is 46.0 Å². The number of aliphatic imine (C=N–C) groups is 1. The smallest absolute Gasteiger partial charge is 0.156 e. The highest BCUT2D eigenvalue weighted by Gasteiger charge is 2.38. The summed E-state index contributed by atoms with van der Waals surface area (Å²) in [5, 5.41) is 4.97. The molecule has 0 amide bonds. The Morgan fingerprint density at radius 3 is 2.84 bits per heavy atom. The summed E-state index contributed by atoms with van der Waals surface area (Å²) >= 11 is 1.96. The molecule has 0 spiro atoms. The second kappa shape index (κ2) is 5.65. The second-order valence-corrected chi connectivity index (χ2v) is 7.37. The van der Waals surface area contributed by atoms with E-state index in [9.17, 15) is 0 Å². The van der Waals surface area contributed by atoms with E-state index in [-0.39, 0.29) is 0 Å². The number of nitrogens with one attached hydrogen (secondary N) is 1. The lowest BCUT2D eigenvalue weighted by Gasteiger charge is -2.34. The Morgan fingerprint density at radius 1 is 1.32 bits per heavy atom. The van der Waals surface area contributed by atoms with Crippen molar-refractivity contribution in [1.82, 2.24) is 10.2 Å². The van der Waals surface area contributed by atoms with Gasteiger partial charge >= 0.3 is 0 Å². The lowest BCUT2D eigenvalue weighted by Crippen LogP contribution is -2.43. The van der Waals surface area contributed by atoms with Crippen LogP contribution in [0.25, 0.3) is 0 Å². The van der Waals surface area contributed by atoms with Gasteiger partial charge in [-0.15, -0.1) is 0 Å². The van der Waals surface area contributed by atoms with E-state index in [0.717, 1.165) is 12.6 Å². The number of hydrogen-bond acceptors (Lipinski definition) is 4. The molecule has 3 aliphatic rings. The highest BCUT2D eigenvalue weighted by molar-refractivity contribution is 8.13. The fourth-order valence-corrected chi connectivity index (χ4v) is 5.06. The molecule has 2 fully saturated rings. The van der Waals surface area contributed by atoms with E-state index in [1.807, 2.05) is 11.8 Å². The molecule has 1 N–H and O–H groups in total. The molecule has 0 radical (unpaired) electrons. The minimum Gasteiger partial charge on any atom is -0.361 e. The third-order valence-electron chi connectivity index (χ3n) is 5.49. The zero-order valence-corrected chi connectivity index (χ0v) is 13.1. The van der Waals surface area contributed by atoms with Crippen LogP contribution in [0.4, 0.5) is 0 Å². The van der Waals surface area contributed by atoms with Crippen LogP contribution in [-0.4, -0.2) is 47.5 Å². The SMILES string of the molecule is CCC1(CC)CN=C(NC2CCN3CCCC23)SC1. The molecule has 2 atom stereocenters. The number of fused-ring (bicyclic) bond motifs is 1. The summed E-state index contributed by atoms with van der Waals surface area (Å²) in [7, 11) is 0. The van der Waals surface area contributed by atoms with E-state index in [2.05, 4.69) is 24.1 Å². The quantitative estimate of drug-likeness (QED) is 0.862. The Hall–Kier alpha value is -0.220. The fourth-order valence-electron chi connectivity index (χ4n) is 3.73. The average molecular weight is 281 g/mol. The Bertz CT molecular complexity index is 351. The van der Waals surface area contributed by atoms with E-state index in [1.165, 1.54) is 56.1 Å². The highest BCUT2D eigenvalue weighted by atomic mass is 32.2. The van der Waals surface area contributed by atoms with Crippen LogP contribution >= 0.6 is 11.8 Å². The summed E-state index contributed by atoms with van der Waals surface area (Å²) in [4.78, 5) is 7.51. The van der Waals surface area contributed by atoms with Gasteiger partial charge in [-0.1, -0.05) is 25.6 Å². The Morgan fingerprint density at radius 2 is 2.16 bits per heavy atom. The van der Waals surface area contributed by atoms with Gasteiger partial charge in [-0.2, -0.15) is 0 Å². The second-order valence-electron chi connectivity index (χ2n) is 6.40. The van der Waals surface area contributed by atoms with E-state index in [4.69, 9.17) is 4.99 Å². The van der Waals surface area contributed by atoms with E-state index in [1.54, 1.807) is 0 Å². The van der Waals surface area contributed by atoms with Crippen molar-refractivity contribution in [2.75, 3.05) is 25.4 Å². The lowest BCUT2D eigenvalue weighted by atomic mass is 9.84. The molecule has 2 unspecified atom stereocenters. The van der Waals surface area contributed by atoms with Crippen molar-refractivity contribution in [2.45, 2.75) is 58.0 Å². The van der Waals surface area contributed by atoms with Crippen LogP contribution in [0.5, 0.6) is 0 Å². The van der Waals surface area contributed by atoms with E-state index in [0.29, 0.717) is 11.5 Å². The molecule has 4 heteroatoms. The standard InChI is InChI=1S/C15H27N3S/c1-3-15(4-2)10-16-14(19-11-15)17-12-7-9-18-8-5-6-13(12)18/h12-13H,3-11H2,1-2H3,(H,16,17). The molecule has 0 aromatic rings. The van der Waals surface area contributed by atoms with Gasteiger partial charge in [-0.3, -0.25) is 9.89 Å². The van der Waals surface area contributed by atoms with Gasteiger partial charge in [0.1, 0.15) is 0 Å². The van der Waals surface area contributed by atoms with Crippen LogP contribution in [0.3, 0.4) is 0 Å². The molecule has 3 nitrogen and oxygen atoms in total. The largest absolute Gasteiger partial charge is 0.361 e. The maximum atomic E-state index is 4.85. The van der Waals surface area contributed by atoms with Crippen LogP contribution < -0.4 is 5.32 Å². The van der Waals surface area contributed by atoms with Gasteiger partial charge in [0.05, 0.1) is 0 Å². The topological polar surface area (TPSA) is 27.6 Å². The van der Waals surface area contributed by atoms with Crippen molar-refractivity contribution >= 4 is 16.9 Å². The normalized spacial score (nSPS) is 34.1. The van der Waals surface area contributed by atoms with Crippen molar-refractivity contribution in [3.05, 3.63) is 0 Å². The van der Waals surface area contributed by atoms with Gasteiger partial charge in [0.2, 0.25) is 0 Å². The molecule has 0 aromatic heterocycles. The van der Waals surface area contributed by atoms with Gasteiger partial charge in [0.15, 0.2) is 5.17 Å². The maximum Gasteiger partial charge on any atom is 0.156 e. The van der Waals surface area contributed by atoms with Gasteiger partial charge in [-0.05, 0) is 44.1 Å². The van der Waals surface area contributed by atoms with Gasteiger partial charge in [-0.25, -0.2) is 0 Å². The predicted octanol–water partition coefficient (Wildman–Crippen LogP) is 2.72. The summed E-state index contributed by atoms with van der Waals surface area (Å²) < 4.78 is 0. The van der Waals surface area contributed by atoms with Crippen molar-refractivity contribution in [1.29, 1.82) is 0 Å². The Kier molecular flexibility index (Phi) is 4.08. The molecule has 0 saturated carbocycles. The highest BCUT2D eigenvalue weighted by Crippen LogP contribution is 2.35. The first kappa shape index (κ1) is 13.7. The number of amidine groups is 1. The number of thioether (sulfide) groups is 1. The summed E-state index contributed by atoms with van der Waals surface area (Å²) in [5.41, 5.74) is 0.463. The van der Waals surface area contributed by atoms with E-state index < -0.39 is 0 Å². The molecule has 108 valence electrons. The van der Waals surface area contributed by atoms with Crippen LogP contribution in [0, 0.1) is 5.41 Å². The minimum absolute atomic E-state index is 0.463. The van der Waals surface area contributed by atoms with Gasteiger partial charge < -0.3 is 5.32 Å². The first-order valence-electron chi connectivity index (χ1n) is 7.94. The number of nitrogens with zero attached hydrogens (tertiary/aromatic N) is 2. The van der Waals surface area contributed by atoms with Crippen LogP contribution in [0.15, 0.2) is 4.99 Å². The summed E-state index contributed by atoms with van der Waals surface area (Å²) in [6.07, 6.45) is 6.58. The molecule has 3 aliphatic heterocycles. The zero-order chi connectivity index (χ0) is 13.3. The number of rotatable bonds is 3. The summed E-state index contributed by atoms with van der Waals surface area (Å²) in [6.45, 7) is 8.25. The number of hydrogen-bond donors (Lipinski definition) is 1. The maximum absolute atomic E-state index is 4.85. The monoisotopic (exact) mass is 281 g/mol. The molecule has 19 heavy (non-hydrogen) atoms. The first-order valence-corrected chi connectivity index (χ1v) is 8.93. The molecule has 3 heterocycles. The van der Waals surface area contributed by atoms with Gasteiger partial charge in [0, 0.05) is 30.9 Å². The Labute approximate surface area is 121 Å². The molecule has 0 aromatic carbocycles. The Balaban J connectivity index is 1.58. The van der Waals surface area contributed by atoms with Crippen LogP contribution in [0.2, 0.25) is 0 Å². The molecule has 0 bridgehead atoms. The lowest BCUT2D eigenvalue weighted by molar-refractivity contribution is 0.306. The first-order chi connectivity index (χ1) is 9.26. The third-order valence-corrected chi connectivity index (χ3v) is 6.77. The fraction of sp³-hybridized carbons (Fsp3) is 0.933. The third kappa shape index (κ3) is 2.66. The molecule has 0 aliphatic carbocycles. The van der Waals surface area contributed by atoms with Crippen molar-refractivity contribution in [2.24, 2.45) is 10.4 Å².